The maximum absolute atomic E-state index is 10.7. The van der Waals surface area contributed by atoms with Crippen molar-refractivity contribution < 1.29 is 4.79 Å². The van der Waals surface area contributed by atoms with E-state index in [9.17, 15) is 4.79 Å². The Kier molecular flexibility index (Phi) is 2.33. The highest BCUT2D eigenvalue weighted by atomic mass is 16.1. The highest BCUT2D eigenvalue weighted by molar-refractivity contribution is 5.75. The summed E-state index contributed by atoms with van der Waals surface area (Å²) in [5, 5.41) is 2.70. The summed E-state index contributed by atoms with van der Waals surface area (Å²) in [7, 11) is 0. The van der Waals surface area contributed by atoms with Crippen LogP contribution in [0.1, 0.15) is 20.3 Å². The summed E-state index contributed by atoms with van der Waals surface area (Å²) in [4.78, 5) is 10.7. The first-order valence-corrected chi connectivity index (χ1v) is 3.95. The van der Waals surface area contributed by atoms with Crippen LogP contribution in [0.25, 0.3) is 0 Å². The zero-order valence-corrected chi connectivity index (χ0v) is 7.42. The summed E-state index contributed by atoms with van der Waals surface area (Å²) in [6.45, 7) is 3.44. The first kappa shape index (κ1) is 9.00. The zero-order chi connectivity index (χ0) is 9.19. The fraction of sp³-hybridized carbons (Fsp3) is 0.444. The minimum atomic E-state index is -0.262. The molecule has 1 rings (SSSR count). The number of hydrogen-bond donors (Lipinski definition) is 2. The van der Waals surface area contributed by atoms with E-state index in [2.05, 4.69) is 5.32 Å². The second-order valence-corrected chi connectivity index (χ2v) is 3.38. The predicted molar refractivity (Wildman–Crippen MR) is 48.2 cm³/mol. The van der Waals surface area contributed by atoms with E-state index in [1.807, 2.05) is 25.2 Å². The minimum absolute atomic E-state index is 0.0495. The Hall–Kier alpha value is -1.09. The van der Waals surface area contributed by atoms with E-state index in [1.54, 1.807) is 0 Å². The van der Waals surface area contributed by atoms with Crippen LogP contribution in [0.2, 0.25) is 0 Å². The fourth-order valence-corrected chi connectivity index (χ4v) is 1.04. The summed E-state index contributed by atoms with van der Waals surface area (Å²) < 4.78 is 0. The molecule has 66 valence electrons. The van der Waals surface area contributed by atoms with Crippen LogP contribution in [-0.2, 0) is 4.79 Å². The molecule has 0 bridgehead atoms. The first-order valence-electron chi connectivity index (χ1n) is 3.95. The summed E-state index contributed by atoms with van der Waals surface area (Å²) in [6.07, 6.45) is 6.43. The first-order chi connectivity index (χ1) is 5.49. The van der Waals surface area contributed by atoms with Gasteiger partial charge in [0.25, 0.3) is 0 Å². The molecule has 3 N–H and O–H groups in total. The van der Waals surface area contributed by atoms with E-state index in [4.69, 9.17) is 5.73 Å². The van der Waals surface area contributed by atoms with Crippen molar-refractivity contribution in [3.63, 3.8) is 0 Å². The number of carbonyl (C=O) groups is 1. The van der Waals surface area contributed by atoms with Crippen LogP contribution in [0.15, 0.2) is 23.9 Å². The lowest BCUT2D eigenvalue weighted by Gasteiger charge is -2.22. The molecule has 1 aliphatic rings. The molecule has 0 saturated heterocycles. The van der Waals surface area contributed by atoms with Gasteiger partial charge in [0.05, 0.1) is 0 Å². The van der Waals surface area contributed by atoms with E-state index in [-0.39, 0.29) is 11.4 Å². The maximum Gasteiger partial charge on any atom is 0.221 e. The van der Waals surface area contributed by atoms with E-state index < -0.39 is 0 Å². The van der Waals surface area contributed by atoms with Crippen molar-refractivity contribution >= 4 is 5.91 Å². The fourth-order valence-electron chi connectivity index (χ4n) is 1.04. The third kappa shape index (κ3) is 2.51. The molecule has 0 heterocycles. The lowest BCUT2D eigenvalue weighted by Crippen LogP contribution is -2.35. The van der Waals surface area contributed by atoms with Crippen LogP contribution >= 0.6 is 0 Å². The predicted octanol–water partition coefficient (Wildman–Crippen LogP) is 0.684. The van der Waals surface area contributed by atoms with Gasteiger partial charge in [0.2, 0.25) is 5.91 Å². The van der Waals surface area contributed by atoms with Gasteiger partial charge in [-0.3, -0.25) is 4.79 Å². The van der Waals surface area contributed by atoms with Crippen LogP contribution in [0.5, 0.6) is 0 Å². The Bertz CT molecular complexity index is 251. The van der Waals surface area contributed by atoms with Crippen molar-refractivity contribution in [2.75, 3.05) is 0 Å². The average molecular weight is 166 g/mol. The third-order valence-corrected chi connectivity index (χ3v) is 1.73. The maximum atomic E-state index is 10.7. The van der Waals surface area contributed by atoms with Gasteiger partial charge in [-0.25, -0.2) is 0 Å². The summed E-state index contributed by atoms with van der Waals surface area (Å²) >= 11 is 0. The van der Waals surface area contributed by atoms with Gasteiger partial charge in [-0.15, -0.1) is 0 Å². The molecular weight excluding hydrogens is 152 g/mol. The van der Waals surface area contributed by atoms with Crippen LogP contribution in [-0.4, -0.2) is 11.4 Å². The van der Waals surface area contributed by atoms with Crippen molar-refractivity contribution in [3.05, 3.63) is 23.9 Å². The Morgan fingerprint density at radius 2 is 2.42 bits per heavy atom. The van der Waals surface area contributed by atoms with E-state index in [0.29, 0.717) is 0 Å². The van der Waals surface area contributed by atoms with Gasteiger partial charge in [0, 0.05) is 18.2 Å². The number of amides is 1. The van der Waals surface area contributed by atoms with Gasteiger partial charge < -0.3 is 11.1 Å². The molecule has 0 saturated carbocycles. The number of allylic oxidation sites excluding steroid dienone is 1. The van der Waals surface area contributed by atoms with Gasteiger partial charge in [-0.1, -0.05) is 12.2 Å². The van der Waals surface area contributed by atoms with Gasteiger partial charge >= 0.3 is 0 Å². The number of nitrogens with one attached hydrogen (secondary N) is 1. The van der Waals surface area contributed by atoms with Gasteiger partial charge in [-0.2, -0.15) is 0 Å². The molecule has 0 aliphatic heterocycles. The molecule has 1 aliphatic carbocycles. The van der Waals surface area contributed by atoms with Crippen LogP contribution in [0.3, 0.4) is 0 Å². The summed E-state index contributed by atoms with van der Waals surface area (Å²) in [5.74, 6) is -0.0495. The van der Waals surface area contributed by atoms with Gasteiger partial charge in [0.1, 0.15) is 0 Å². The molecule has 1 amide bonds. The van der Waals surface area contributed by atoms with Crippen molar-refractivity contribution in [2.24, 2.45) is 5.73 Å². The van der Waals surface area contributed by atoms with Crippen molar-refractivity contribution in [1.82, 2.24) is 5.32 Å². The normalized spacial score (nSPS) is 28.1. The number of hydrogen-bond acceptors (Lipinski definition) is 2. The number of rotatable bonds is 1. The average Bonchev–Trinajstić information content (AvgIpc) is 1.93. The van der Waals surface area contributed by atoms with Crippen molar-refractivity contribution in [3.8, 4) is 0 Å². The Morgan fingerprint density at radius 1 is 1.75 bits per heavy atom. The van der Waals surface area contributed by atoms with E-state index in [1.165, 1.54) is 6.92 Å². The quantitative estimate of drug-likeness (QED) is 0.602. The van der Waals surface area contributed by atoms with Crippen molar-refractivity contribution in [2.45, 2.75) is 25.8 Å². The van der Waals surface area contributed by atoms with Gasteiger partial charge in [0.15, 0.2) is 0 Å². The highest BCUT2D eigenvalue weighted by Gasteiger charge is 2.16. The molecular formula is C9H14N2O. The molecule has 0 aromatic carbocycles. The molecule has 0 radical (unpaired) electrons. The Labute approximate surface area is 72.3 Å². The largest absolute Gasteiger partial charge is 0.327 e. The van der Waals surface area contributed by atoms with Crippen LogP contribution < -0.4 is 11.1 Å². The molecule has 3 nitrogen and oxygen atoms in total. The van der Waals surface area contributed by atoms with Crippen LogP contribution in [0.4, 0.5) is 0 Å². The number of nitrogens with two attached hydrogens (primary N) is 1. The molecule has 3 heteroatoms. The number of carbonyl (C=O) groups excluding carboxylic acids is 1. The Morgan fingerprint density at radius 3 is 2.83 bits per heavy atom. The van der Waals surface area contributed by atoms with Gasteiger partial charge in [-0.05, 0) is 19.4 Å². The molecule has 1 atom stereocenters. The monoisotopic (exact) mass is 166 g/mol. The molecule has 0 aromatic rings. The topological polar surface area (TPSA) is 55.1 Å². The Balaban J connectivity index is 2.58. The summed E-state index contributed by atoms with van der Waals surface area (Å²) in [5.41, 5.74) is 6.40. The lowest BCUT2D eigenvalue weighted by atomic mass is 9.94. The molecule has 0 fully saturated rings. The second-order valence-electron chi connectivity index (χ2n) is 3.38. The molecule has 0 spiro atoms. The molecule has 0 aromatic heterocycles. The lowest BCUT2D eigenvalue weighted by molar-refractivity contribution is -0.118. The molecule has 12 heavy (non-hydrogen) atoms. The molecule has 1 unspecified atom stereocenters. The standard InChI is InChI=1S/C9H14N2O/c1-7(12)11-8-3-5-9(2,10)6-4-8/h3-5H,6,10H2,1-2H3,(H,11,12). The van der Waals surface area contributed by atoms with E-state index in [0.717, 1.165) is 12.1 Å². The van der Waals surface area contributed by atoms with E-state index >= 15 is 0 Å². The smallest absolute Gasteiger partial charge is 0.221 e. The second kappa shape index (κ2) is 3.11. The zero-order valence-electron chi connectivity index (χ0n) is 7.42. The minimum Gasteiger partial charge on any atom is -0.327 e. The SMILES string of the molecule is CC(=O)NC1=CCC(C)(N)C=C1. The summed E-state index contributed by atoms with van der Waals surface area (Å²) in [6, 6.07) is 0. The highest BCUT2D eigenvalue weighted by Crippen LogP contribution is 2.15. The third-order valence-electron chi connectivity index (χ3n) is 1.73. The van der Waals surface area contributed by atoms with Crippen molar-refractivity contribution in [1.29, 1.82) is 0 Å². The van der Waals surface area contributed by atoms with Crippen LogP contribution in [0, 0.1) is 0 Å².